The zero-order chi connectivity index (χ0) is 32.7. The minimum atomic E-state index is -1.74. The predicted octanol–water partition coefficient (Wildman–Crippen LogP) is -5.59. The second kappa shape index (κ2) is 18.4. The molecule has 1 fully saturated rings. The molecule has 20 heteroatoms. The Bertz CT molecular complexity index is 1070. The van der Waals surface area contributed by atoms with Crippen LogP contribution in [-0.4, -0.2) is 130 Å². The summed E-state index contributed by atoms with van der Waals surface area (Å²) in [5.74, 6) is -7.67. The van der Waals surface area contributed by atoms with Crippen LogP contribution in [0.3, 0.4) is 0 Å². The Labute approximate surface area is 251 Å². The van der Waals surface area contributed by atoms with E-state index in [2.05, 4.69) is 38.9 Å². The van der Waals surface area contributed by atoms with E-state index in [1.165, 1.54) is 0 Å². The van der Waals surface area contributed by atoms with Gasteiger partial charge in [0, 0.05) is 18.8 Å². The van der Waals surface area contributed by atoms with Gasteiger partial charge in [0.2, 0.25) is 29.5 Å². The van der Waals surface area contributed by atoms with Crippen LogP contribution in [0.1, 0.15) is 32.1 Å². The Balaban J connectivity index is 3.04. The molecule has 1 heterocycles. The van der Waals surface area contributed by atoms with Gasteiger partial charge in [0.25, 0.3) is 0 Å². The maximum atomic E-state index is 13.2. The summed E-state index contributed by atoms with van der Waals surface area (Å²) in [6.45, 7) is -1.25. The van der Waals surface area contributed by atoms with Crippen molar-refractivity contribution in [2.24, 2.45) is 22.2 Å². The molecule has 43 heavy (non-hydrogen) atoms. The molecule has 0 aliphatic carbocycles. The molecule has 0 aromatic rings. The van der Waals surface area contributed by atoms with Crippen LogP contribution in [0, 0.1) is 0 Å². The molecule has 1 aliphatic rings. The fourth-order valence-electron chi connectivity index (χ4n) is 4.10. The third-order valence-electron chi connectivity index (χ3n) is 6.23. The maximum absolute atomic E-state index is 13.2. The number of carbonyl (C=O) groups is 7. The molecule has 1 aliphatic heterocycles. The molecule has 1 rings (SSSR count). The Morgan fingerprint density at radius 2 is 1.56 bits per heavy atom. The van der Waals surface area contributed by atoms with Gasteiger partial charge in [0.1, 0.15) is 30.2 Å². The molecule has 0 radical (unpaired) electrons. The molecule has 5 amide bonds. The summed E-state index contributed by atoms with van der Waals surface area (Å²) in [6, 6.07) is -7.04. The molecule has 13 N–H and O–H groups in total. The molecular weight excluding hydrogens is 594 g/mol. The van der Waals surface area contributed by atoms with E-state index in [0.717, 1.165) is 4.90 Å². The van der Waals surface area contributed by atoms with Crippen molar-refractivity contribution in [1.82, 2.24) is 26.2 Å². The van der Waals surface area contributed by atoms with Crippen LogP contribution in [0.2, 0.25) is 0 Å². The molecule has 0 aromatic carbocycles. The number of carboxylic acids is 2. The number of likely N-dealkylation sites (tertiary alicyclic amines) is 1. The minimum absolute atomic E-state index is 0.0120. The first kappa shape index (κ1) is 36.9. The van der Waals surface area contributed by atoms with Crippen molar-refractivity contribution in [1.29, 1.82) is 0 Å². The van der Waals surface area contributed by atoms with Crippen molar-refractivity contribution in [2.45, 2.75) is 62.3 Å². The smallest absolute Gasteiger partial charge is 0.327 e. The van der Waals surface area contributed by atoms with Gasteiger partial charge in [0.15, 0.2) is 5.96 Å². The van der Waals surface area contributed by atoms with Crippen LogP contribution < -0.4 is 38.5 Å². The van der Waals surface area contributed by atoms with Crippen molar-refractivity contribution in [3.63, 3.8) is 0 Å². The number of aliphatic hydroxyl groups excluding tert-OH is 1. The van der Waals surface area contributed by atoms with Crippen molar-refractivity contribution in [3.8, 4) is 0 Å². The van der Waals surface area contributed by atoms with Gasteiger partial charge in [0.05, 0.1) is 19.6 Å². The molecular formula is C23H39N9O10S. The fourth-order valence-corrected chi connectivity index (χ4v) is 4.34. The van der Waals surface area contributed by atoms with Crippen molar-refractivity contribution in [3.05, 3.63) is 0 Å². The largest absolute Gasteiger partial charge is 0.481 e. The lowest BCUT2D eigenvalue weighted by molar-refractivity contribution is -0.145. The van der Waals surface area contributed by atoms with E-state index in [-0.39, 0.29) is 44.1 Å². The molecule has 242 valence electrons. The van der Waals surface area contributed by atoms with E-state index in [1.807, 2.05) is 0 Å². The summed E-state index contributed by atoms with van der Waals surface area (Å²) >= 11 is 3.88. The summed E-state index contributed by atoms with van der Waals surface area (Å²) in [4.78, 5) is 91.3. The summed E-state index contributed by atoms with van der Waals surface area (Å²) in [5, 5.41) is 37.4. The standard InChI is InChI=1S/C23H39N9O10S/c24-8-16(34)28-11(3-1-5-27-23(25)26)18(37)29-12(7-17(35)36)19(38)30-13(9-33)21(40)32-6-2-4-15(32)20(39)31-14(10-43)22(41)42/h11-15,33,43H,1-10,24H2,(H,28,34)(H,29,37)(H,30,38)(H,31,39)(H,35,36)(H,41,42)(H4,25,26,27)/t11-,12-,13-,14-,15-/m0/s1. The van der Waals surface area contributed by atoms with Crippen LogP contribution in [0.4, 0.5) is 0 Å². The highest BCUT2D eigenvalue weighted by Crippen LogP contribution is 2.19. The van der Waals surface area contributed by atoms with Gasteiger partial charge >= 0.3 is 11.9 Å². The highest BCUT2D eigenvalue weighted by molar-refractivity contribution is 7.80. The lowest BCUT2D eigenvalue weighted by atomic mass is 10.1. The number of guanidine groups is 1. The van der Waals surface area contributed by atoms with Gasteiger partial charge in [-0.1, -0.05) is 0 Å². The molecule has 1 saturated heterocycles. The third-order valence-corrected chi connectivity index (χ3v) is 6.59. The van der Waals surface area contributed by atoms with Crippen LogP contribution in [0.5, 0.6) is 0 Å². The van der Waals surface area contributed by atoms with Gasteiger partial charge < -0.3 is 58.7 Å². The highest BCUT2D eigenvalue weighted by atomic mass is 32.1. The number of aliphatic hydroxyl groups is 1. The van der Waals surface area contributed by atoms with E-state index in [9.17, 15) is 43.8 Å². The molecule has 0 bridgehead atoms. The van der Waals surface area contributed by atoms with E-state index in [1.54, 1.807) is 0 Å². The number of carbonyl (C=O) groups excluding carboxylic acids is 5. The molecule has 0 aromatic heterocycles. The van der Waals surface area contributed by atoms with Crippen LogP contribution in [0.15, 0.2) is 4.99 Å². The summed E-state index contributed by atoms with van der Waals surface area (Å²) < 4.78 is 0. The van der Waals surface area contributed by atoms with Crippen LogP contribution >= 0.6 is 12.6 Å². The maximum Gasteiger partial charge on any atom is 0.327 e. The fraction of sp³-hybridized carbons (Fsp3) is 0.652. The Hall–Kier alpha value is -4.17. The van der Waals surface area contributed by atoms with E-state index < -0.39 is 91.3 Å². The molecule has 5 atom stereocenters. The van der Waals surface area contributed by atoms with E-state index in [0.29, 0.717) is 6.42 Å². The van der Waals surface area contributed by atoms with Gasteiger partial charge in [-0.2, -0.15) is 12.6 Å². The normalized spacial score (nSPS) is 17.0. The average Bonchev–Trinajstić information content (AvgIpc) is 3.44. The zero-order valence-corrected chi connectivity index (χ0v) is 24.1. The highest BCUT2D eigenvalue weighted by Gasteiger charge is 2.39. The second-order valence-corrected chi connectivity index (χ2v) is 9.81. The number of rotatable bonds is 18. The van der Waals surface area contributed by atoms with Crippen molar-refractivity contribution in [2.75, 3.05) is 32.0 Å². The first-order valence-corrected chi connectivity index (χ1v) is 13.8. The molecule has 0 spiro atoms. The van der Waals surface area contributed by atoms with Crippen LogP contribution in [-0.2, 0) is 33.6 Å². The average molecular weight is 634 g/mol. The number of nitrogens with zero attached hydrogens (tertiary/aromatic N) is 2. The first-order chi connectivity index (χ1) is 20.2. The number of hydrogen-bond donors (Lipinski definition) is 11. The van der Waals surface area contributed by atoms with Crippen LogP contribution in [0.25, 0.3) is 0 Å². The number of aliphatic carboxylic acids is 2. The second-order valence-electron chi connectivity index (χ2n) is 9.45. The number of nitrogens with one attached hydrogen (secondary N) is 4. The molecule has 19 nitrogen and oxygen atoms in total. The third kappa shape index (κ3) is 12.3. The van der Waals surface area contributed by atoms with Crippen molar-refractivity contribution >= 4 is 60.1 Å². The monoisotopic (exact) mass is 633 g/mol. The molecule has 0 saturated carbocycles. The SMILES string of the molecule is NCC(=O)N[C@@H](CCCN=C(N)N)C(=O)N[C@@H](CC(=O)O)C(=O)N[C@@H](CO)C(=O)N1CCC[C@H]1C(=O)N[C@@H](CS)C(=O)O. The number of amides is 5. The van der Waals surface area contributed by atoms with Gasteiger partial charge in [-0.05, 0) is 25.7 Å². The zero-order valence-electron chi connectivity index (χ0n) is 23.2. The summed E-state index contributed by atoms with van der Waals surface area (Å²) in [7, 11) is 0. The van der Waals surface area contributed by atoms with Crippen molar-refractivity contribution < 1.29 is 48.9 Å². The predicted molar refractivity (Wildman–Crippen MR) is 152 cm³/mol. The number of aliphatic imine (C=N–C) groups is 1. The Kier molecular flexibility index (Phi) is 15.8. The molecule has 0 unspecified atom stereocenters. The first-order valence-electron chi connectivity index (χ1n) is 13.2. The van der Waals surface area contributed by atoms with E-state index in [4.69, 9.17) is 22.3 Å². The topological polar surface area (TPSA) is 322 Å². The summed E-state index contributed by atoms with van der Waals surface area (Å²) in [6.07, 6.45) is -0.180. The number of thiol groups is 1. The lowest BCUT2D eigenvalue weighted by Gasteiger charge is -2.29. The minimum Gasteiger partial charge on any atom is -0.481 e. The Morgan fingerprint density at radius 3 is 2.09 bits per heavy atom. The van der Waals surface area contributed by atoms with Gasteiger partial charge in [-0.3, -0.25) is 33.8 Å². The number of carboxylic acid groups (broad SMARTS) is 2. The number of hydrogen-bond acceptors (Lipinski definition) is 11. The van der Waals surface area contributed by atoms with Gasteiger partial charge in [-0.25, -0.2) is 4.79 Å². The quantitative estimate of drug-likeness (QED) is 0.0291. The lowest BCUT2D eigenvalue weighted by Crippen LogP contribution is -2.60. The van der Waals surface area contributed by atoms with Gasteiger partial charge in [-0.15, -0.1) is 0 Å². The summed E-state index contributed by atoms with van der Waals surface area (Å²) in [5.41, 5.74) is 15.8. The Morgan fingerprint density at radius 1 is 0.930 bits per heavy atom. The van der Waals surface area contributed by atoms with E-state index >= 15 is 0 Å². The number of nitrogens with two attached hydrogens (primary N) is 3.